The van der Waals surface area contributed by atoms with Gasteiger partial charge in [-0.05, 0) is 59.5 Å². The summed E-state index contributed by atoms with van der Waals surface area (Å²) in [5.41, 5.74) is 4.22. The van der Waals surface area contributed by atoms with E-state index < -0.39 is 0 Å². The van der Waals surface area contributed by atoms with Gasteiger partial charge >= 0.3 is 0 Å². The average Bonchev–Trinajstić information content (AvgIpc) is 2.33. The Morgan fingerprint density at radius 3 is 2.33 bits per heavy atom. The molecule has 0 saturated carbocycles. The molecule has 0 aliphatic heterocycles. The molecule has 0 aliphatic rings. The standard InChI is InChI=1S/C16H28N2/c1-8-16(4,18(6)7)15(17-5)14-11-12(2)9-10-13(14)3/h9-11,15,17H,8H2,1-7H3. The number of nitrogens with zero attached hydrogens (tertiary/aromatic N) is 1. The number of benzene rings is 1. The Hall–Kier alpha value is -0.860. The van der Waals surface area contributed by atoms with Gasteiger partial charge in [0.05, 0.1) is 6.04 Å². The van der Waals surface area contributed by atoms with Gasteiger partial charge in [0.1, 0.15) is 0 Å². The largest absolute Gasteiger partial charge is 0.311 e. The molecule has 18 heavy (non-hydrogen) atoms. The summed E-state index contributed by atoms with van der Waals surface area (Å²) in [4.78, 5) is 2.33. The number of rotatable bonds is 5. The molecule has 0 fully saturated rings. The Bertz CT molecular complexity index is 398. The lowest BCUT2D eigenvalue weighted by Crippen LogP contribution is -2.50. The first kappa shape index (κ1) is 15.2. The molecule has 0 spiro atoms. The van der Waals surface area contributed by atoms with Crippen LogP contribution in [0, 0.1) is 13.8 Å². The van der Waals surface area contributed by atoms with Crippen LogP contribution in [0.5, 0.6) is 0 Å². The smallest absolute Gasteiger partial charge is 0.0504 e. The molecule has 2 atom stereocenters. The second-order valence-electron chi connectivity index (χ2n) is 5.69. The van der Waals surface area contributed by atoms with E-state index in [9.17, 15) is 0 Å². The van der Waals surface area contributed by atoms with Crippen LogP contribution in [0.25, 0.3) is 0 Å². The fraction of sp³-hybridized carbons (Fsp3) is 0.625. The number of likely N-dealkylation sites (N-methyl/N-ethyl adjacent to an activating group) is 2. The van der Waals surface area contributed by atoms with E-state index >= 15 is 0 Å². The lowest BCUT2D eigenvalue weighted by atomic mass is 9.81. The van der Waals surface area contributed by atoms with Gasteiger partial charge in [-0.2, -0.15) is 0 Å². The third kappa shape index (κ3) is 2.76. The fourth-order valence-electron chi connectivity index (χ4n) is 2.65. The van der Waals surface area contributed by atoms with Crippen LogP contribution in [0.15, 0.2) is 18.2 Å². The number of hydrogen-bond donors (Lipinski definition) is 1. The molecule has 2 nitrogen and oxygen atoms in total. The molecular weight excluding hydrogens is 220 g/mol. The predicted octanol–water partition coefficient (Wildman–Crippen LogP) is 3.29. The average molecular weight is 248 g/mol. The third-order valence-corrected chi connectivity index (χ3v) is 4.39. The van der Waals surface area contributed by atoms with Gasteiger partial charge in [-0.1, -0.05) is 30.7 Å². The summed E-state index contributed by atoms with van der Waals surface area (Å²) >= 11 is 0. The Morgan fingerprint density at radius 2 is 1.89 bits per heavy atom. The van der Waals surface area contributed by atoms with E-state index in [0.717, 1.165) is 6.42 Å². The number of aryl methyl sites for hydroxylation is 2. The summed E-state index contributed by atoms with van der Waals surface area (Å²) in [5.74, 6) is 0. The molecule has 0 aromatic heterocycles. The van der Waals surface area contributed by atoms with Gasteiger partial charge in [0.2, 0.25) is 0 Å². The topological polar surface area (TPSA) is 15.3 Å². The fourth-order valence-corrected chi connectivity index (χ4v) is 2.65. The van der Waals surface area contributed by atoms with Crippen molar-refractivity contribution < 1.29 is 0 Å². The van der Waals surface area contributed by atoms with Gasteiger partial charge < -0.3 is 10.2 Å². The SMILES string of the molecule is CCC(C)(C(NC)c1cc(C)ccc1C)N(C)C. The maximum absolute atomic E-state index is 3.52. The van der Waals surface area contributed by atoms with Crippen LogP contribution in [0.3, 0.4) is 0 Å². The van der Waals surface area contributed by atoms with Crippen molar-refractivity contribution in [1.82, 2.24) is 10.2 Å². The van der Waals surface area contributed by atoms with Crippen LogP contribution in [0.1, 0.15) is 43.0 Å². The first-order valence-electron chi connectivity index (χ1n) is 6.78. The minimum atomic E-state index is 0.118. The number of hydrogen-bond acceptors (Lipinski definition) is 2. The van der Waals surface area contributed by atoms with Gasteiger partial charge in [-0.15, -0.1) is 0 Å². The van der Waals surface area contributed by atoms with Crippen LogP contribution in [-0.4, -0.2) is 31.6 Å². The van der Waals surface area contributed by atoms with E-state index in [0.29, 0.717) is 6.04 Å². The summed E-state index contributed by atoms with van der Waals surface area (Å²) < 4.78 is 0. The minimum absolute atomic E-state index is 0.118. The van der Waals surface area contributed by atoms with E-state index in [1.165, 1.54) is 16.7 Å². The van der Waals surface area contributed by atoms with Crippen LogP contribution in [0.2, 0.25) is 0 Å². The molecule has 0 radical (unpaired) electrons. The molecule has 2 unspecified atom stereocenters. The van der Waals surface area contributed by atoms with E-state index in [2.05, 4.69) is 77.3 Å². The first-order chi connectivity index (χ1) is 8.36. The van der Waals surface area contributed by atoms with Crippen LogP contribution >= 0.6 is 0 Å². The van der Waals surface area contributed by atoms with Gasteiger partial charge in [-0.25, -0.2) is 0 Å². The second kappa shape index (κ2) is 5.85. The Kier molecular flexibility index (Phi) is 4.94. The molecular formula is C16H28N2. The van der Waals surface area contributed by atoms with E-state index in [4.69, 9.17) is 0 Å². The van der Waals surface area contributed by atoms with Crippen molar-refractivity contribution in [3.8, 4) is 0 Å². The highest BCUT2D eigenvalue weighted by molar-refractivity contribution is 5.35. The molecule has 0 aliphatic carbocycles. The molecule has 1 rings (SSSR count). The van der Waals surface area contributed by atoms with E-state index in [1.54, 1.807) is 0 Å². The maximum Gasteiger partial charge on any atom is 0.0504 e. The van der Waals surface area contributed by atoms with Crippen molar-refractivity contribution in [3.63, 3.8) is 0 Å². The highest BCUT2D eigenvalue weighted by atomic mass is 15.2. The van der Waals surface area contributed by atoms with Gasteiger partial charge in [0.25, 0.3) is 0 Å². The third-order valence-electron chi connectivity index (χ3n) is 4.39. The Labute approximate surface area is 112 Å². The summed E-state index contributed by atoms with van der Waals surface area (Å²) in [6, 6.07) is 7.07. The van der Waals surface area contributed by atoms with Crippen molar-refractivity contribution in [2.24, 2.45) is 0 Å². The van der Waals surface area contributed by atoms with Crippen LogP contribution in [0.4, 0.5) is 0 Å². The molecule has 0 bridgehead atoms. The first-order valence-corrected chi connectivity index (χ1v) is 6.78. The molecule has 0 heterocycles. The molecule has 1 N–H and O–H groups in total. The zero-order chi connectivity index (χ0) is 13.9. The summed E-state index contributed by atoms with van der Waals surface area (Å²) in [7, 11) is 6.39. The summed E-state index contributed by atoms with van der Waals surface area (Å²) in [6.45, 7) is 8.95. The molecule has 1 aromatic rings. The van der Waals surface area contributed by atoms with Crippen molar-refractivity contribution in [2.45, 2.75) is 45.7 Å². The molecule has 0 amide bonds. The maximum atomic E-state index is 3.52. The predicted molar refractivity (Wildman–Crippen MR) is 80.1 cm³/mol. The Morgan fingerprint density at radius 1 is 1.28 bits per heavy atom. The number of nitrogens with one attached hydrogen (secondary N) is 1. The molecule has 102 valence electrons. The highest BCUT2D eigenvalue weighted by Crippen LogP contribution is 2.34. The zero-order valence-electron chi connectivity index (χ0n) is 13.0. The lowest BCUT2D eigenvalue weighted by molar-refractivity contribution is 0.116. The normalized spacial score (nSPS) is 16.7. The summed E-state index contributed by atoms with van der Waals surface area (Å²) in [5, 5.41) is 3.52. The van der Waals surface area contributed by atoms with E-state index in [-0.39, 0.29) is 5.54 Å². The zero-order valence-corrected chi connectivity index (χ0v) is 13.0. The van der Waals surface area contributed by atoms with Gasteiger partial charge in [-0.3, -0.25) is 0 Å². The van der Waals surface area contributed by atoms with Crippen molar-refractivity contribution in [3.05, 3.63) is 34.9 Å². The highest BCUT2D eigenvalue weighted by Gasteiger charge is 2.35. The van der Waals surface area contributed by atoms with Crippen molar-refractivity contribution in [1.29, 1.82) is 0 Å². The molecule has 0 saturated heterocycles. The second-order valence-corrected chi connectivity index (χ2v) is 5.69. The van der Waals surface area contributed by atoms with Gasteiger partial charge in [0.15, 0.2) is 0 Å². The Balaban J connectivity index is 3.28. The van der Waals surface area contributed by atoms with Crippen molar-refractivity contribution >= 4 is 0 Å². The van der Waals surface area contributed by atoms with Crippen molar-refractivity contribution in [2.75, 3.05) is 21.1 Å². The van der Waals surface area contributed by atoms with Crippen LogP contribution < -0.4 is 5.32 Å². The quantitative estimate of drug-likeness (QED) is 0.860. The molecule has 1 aromatic carbocycles. The monoisotopic (exact) mass is 248 g/mol. The lowest BCUT2D eigenvalue weighted by Gasteiger charge is -2.43. The van der Waals surface area contributed by atoms with Gasteiger partial charge in [0, 0.05) is 5.54 Å². The minimum Gasteiger partial charge on any atom is -0.311 e. The van der Waals surface area contributed by atoms with Crippen LogP contribution in [-0.2, 0) is 0 Å². The summed E-state index contributed by atoms with van der Waals surface area (Å²) in [6.07, 6.45) is 1.11. The van der Waals surface area contributed by atoms with E-state index in [1.807, 2.05) is 0 Å². The molecule has 2 heteroatoms.